The lowest BCUT2D eigenvalue weighted by atomic mass is 9.99. The van der Waals surface area contributed by atoms with Crippen LogP contribution < -0.4 is 5.32 Å². The zero-order chi connectivity index (χ0) is 17.4. The number of aromatic nitrogens is 2. The molecule has 3 atom stereocenters. The van der Waals surface area contributed by atoms with Crippen LogP contribution in [0.25, 0.3) is 0 Å². The van der Waals surface area contributed by atoms with Gasteiger partial charge in [-0.1, -0.05) is 13.0 Å². The van der Waals surface area contributed by atoms with Gasteiger partial charge in [0.1, 0.15) is 11.6 Å². The molecule has 1 heterocycles. The molecule has 3 unspecified atom stereocenters. The highest BCUT2D eigenvalue weighted by molar-refractivity contribution is 5.79. The summed E-state index contributed by atoms with van der Waals surface area (Å²) in [6.07, 6.45) is 1.30. The Hall–Kier alpha value is -2.24. The first-order chi connectivity index (χ1) is 11.4. The third-order valence-electron chi connectivity index (χ3n) is 4.72. The van der Waals surface area contributed by atoms with E-state index in [1.165, 1.54) is 12.1 Å². The van der Waals surface area contributed by atoms with Crippen LogP contribution in [0.3, 0.4) is 0 Å². The van der Waals surface area contributed by atoms with Gasteiger partial charge in [-0.3, -0.25) is 9.89 Å². The van der Waals surface area contributed by atoms with Crippen LogP contribution in [0.2, 0.25) is 0 Å². The van der Waals surface area contributed by atoms with Gasteiger partial charge in [0.15, 0.2) is 0 Å². The number of halogens is 2. The van der Waals surface area contributed by atoms with Crippen LogP contribution in [-0.4, -0.2) is 22.1 Å². The summed E-state index contributed by atoms with van der Waals surface area (Å²) >= 11 is 0. The third kappa shape index (κ3) is 3.32. The predicted octanol–water partition coefficient (Wildman–Crippen LogP) is 3.16. The van der Waals surface area contributed by atoms with Gasteiger partial charge in [-0.15, -0.1) is 0 Å². The van der Waals surface area contributed by atoms with Gasteiger partial charge in [0.25, 0.3) is 0 Å². The molecule has 4 nitrogen and oxygen atoms in total. The molecule has 1 amide bonds. The lowest BCUT2D eigenvalue weighted by molar-refractivity contribution is -0.124. The zero-order valence-corrected chi connectivity index (χ0v) is 14.0. The van der Waals surface area contributed by atoms with Gasteiger partial charge in [-0.2, -0.15) is 5.10 Å². The molecule has 0 spiro atoms. The van der Waals surface area contributed by atoms with E-state index >= 15 is 0 Å². The summed E-state index contributed by atoms with van der Waals surface area (Å²) in [7, 11) is 0. The van der Waals surface area contributed by atoms with Crippen molar-refractivity contribution in [3.05, 3.63) is 52.3 Å². The van der Waals surface area contributed by atoms with Crippen LogP contribution in [0.1, 0.15) is 41.8 Å². The van der Waals surface area contributed by atoms with Crippen molar-refractivity contribution in [2.45, 2.75) is 45.6 Å². The highest BCUT2D eigenvalue weighted by Gasteiger charge is 2.41. The molecule has 1 aliphatic carbocycles. The van der Waals surface area contributed by atoms with Gasteiger partial charge in [-0.05, 0) is 43.9 Å². The number of rotatable bonds is 5. The zero-order valence-electron chi connectivity index (χ0n) is 14.0. The highest BCUT2D eigenvalue weighted by atomic mass is 19.1. The fourth-order valence-electron chi connectivity index (χ4n) is 3.10. The van der Waals surface area contributed by atoms with Crippen molar-refractivity contribution in [3.8, 4) is 0 Å². The molecule has 1 fully saturated rings. The van der Waals surface area contributed by atoms with E-state index < -0.39 is 11.6 Å². The van der Waals surface area contributed by atoms with E-state index in [0.29, 0.717) is 18.4 Å². The molecule has 1 saturated carbocycles. The summed E-state index contributed by atoms with van der Waals surface area (Å²) in [5.41, 5.74) is 3.42. The number of carbonyl (C=O) groups excluding carboxylic acids is 1. The molecule has 0 aliphatic heterocycles. The first-order valence-corrected chi connectivity index (χ1v) is 8.12. The minimum absolute atomic E-state index is 0.0509. The molecule has 0 saturated heterocycles. The van der Waals surface area contributed by atoms with E-state index in [1.807, 2.05) is 20.8 Å². The number of H-pyrrole nitrogens is 1. The lowest BCUT2D eigenvalue weighted by Crippen LogP contribution is -2.32. The monoisotopic (exact) mass is 333 g/mol. The Bertz CT molecular complexity index is 752. The Morgan fingerprint density at radius 1 is 1.42 bits per heavy atom. The smallest absolute Gasteiger partial charge is 0.223 e. The maximum absolute atomic E-state index is 13.8. The number of amides is 1. The Morgan fingerprint density at radius 3 is 2.79 bits per heavy atom. The summed E-state index contributed by atoms with van der Waals surface area (Å²) in [5.74, 6) is -1.45. The van der Waals surface area contributed by atoms with Crippen molar-refractivity contribution in [1.29, 1.82) is 0 Å². The number of benzene rings is 1. The van der Waals surface area contributed by atoms with E-state index in [2.05, 4.69) is 15.5 Å². The van der Waals surface area contributed by atoms with Gasteiger partial charge in [0.05, 0.1) is 5.69 Å². The molecule has 0 bridgehead atoms. The Kier molecular flexibility index (Phi) is 4.39. The molecule has 0 radical (unpaired) electrons. The summed E-state index contributed by atoms with van der Waals surface area (Å²) in [4.78, 5) is 12.4. The van der Waals surface area contributed by atoms with Crippen LogP contribution in [0, 0.1) is 31.4 Å². The van der Waals surface area contributed by atoms with E-state index in [-0.39, 0.29) is 23.8 Å². The van der Waals surface area contributed by atoms with E-state index in [0.717, 1.165) is 23.0 Å². The number of hydrogen-bond acceptors (Lipinski definition) is 2. The fourth-order valence-corrected chi connectivity index (χ4v) is 3.10. The van der Waals surface area contributed by atoms with Crippen molar-refractivity contribution in [2.24, 2.45) is 5.92 Å². The third-order valence-corrected chi connectivity index (χ3v) is 4.72. The van der Waals surface area contributed by atoms with Crippen LogP contribution in [0.4, 0.5) is 8.78 Å². The maximum atomic E-state index is 13.8. The number of nitrogens with zero attached hydrogens (tertiary/aromatic N) is 1. The summed E-state index contributed by atoms with van der Waals surface area (Å²) < 4.78 is 26.8. The van der Waals surface area contributed by atoms with Crippen LogP contribution in [0.15, 0.2) is 18.2 Å². The van der Waals surface area contributed by atoms with E-state index in [9.17, 15) is 13.6 Å². The lowest BCUT2D eigenvalue weighted by Gasteiger charge is -2.12. The van der Waals surface area contributed by atoms with Crippen LogP contribution >= 0.6 is 0 Å². The molecular formula is C18H21F2N3O. The Labute approximate surface area is 139 Å². The second-order valence-electron chi connectivity index (χ2n) is 6.64. The summed E-state index contributed by atoms with van der Waals surface area (Å²) in [6.45, 7) is 5.73. The van der Waals surface area contributed by atoms with Crippen LogP contribution in [0.5, 0.6) is 0 Å². The largest absolute Gasteiger partial charge is 0.352 e. The molecule has 3 rings (SSSR count). The van der Waals surface area contributed by atoms with Crippen molar-refractivity contribution >= 4 is 5.91 Å². The standard InChI is InChI=1S/C18H21F2N3O/c1-9(6-14-10(2)22-23-11(14)3)18(24)21-17-8-15(17)13-5-4-12(19)7-16(13)20/h4-5,7,9,15,17H,6,8H2,1-3H3,(H,21,24)(H,22,23). The Morgan fingerprint density at radius 2 is 2.17 bits per heavy atom. The minimum Gasteiger partial charge on any atom is -0.352 e. The number of aromatic amines is 1. The first-order valence-electron chi connectivity index (χ1n) is 8.12. The Balaban J connectivity index is 1.58. The second-order valence-corrected chi connectivity index (χ2v) is 6.64. The number of carbonyl (C=O) groups is 1. The van der Waals surface area contributed by atoms with Crippen molar-refractivity contribution in [3.63, 3.8) is 0 Å². The topological polar surface area (TPSA) is 57.8 Å². The molecule has 6 heteroatoms. The molecule has 24 heavy (non-hydrogen) atoms. The van der Waals surface area contributed by atoms with Gasteiger partial charge in [0.2, 0.25) is 5.91 Å². The van der Waals surface area contributed by atoms with E-state index in [1.54, 1.807) is 0 Å². The van der Waals surface area contributed by atoms with Gasteiger partial charge < -0.3 is 5.32 Å². The fraction of sp³-hybridized carbons (Fsp3) is 0.444. The van der Waals surface area contributed by atoms with Crippen molar-refractivity contribution in [1.82, 2.24) is 15.5 Å². The molecule has 2 N–H and O–H groups in total. The SMILES string of the molecule is Cc1n[nH]c(C)c1CC(C)C(=O)NC1CC1c1ccc(F)cc1F. The number of aryl methyl sites for hydroxylation is 2. The number of hydrogen-bond donors (Lipinski definition) is 2. The molecule has 1 aliphatic rings. The van der Waals surface area contributed by atoms with Crippen molar-refractivity contribution in [2.75, 3.05) is 0 Å². The van der Waals surface area contributed by atoms with Crippen LogP contribution in [-0.2, 0) is 11.2 Å². The molecule has 1 aromatic carbocycles. The first kappa shape index (κ1) is 16.6. The maximum Gasteiger partial charge on any atom is 0.223 e. The molecule has 128 valence electrons. The quantitative estimate of drug-likeness (QED) is 0.883. The van der Waals surface area contributed by atoms with Gasteiger partial charge >= 0.3 is 0 Å². The minimum atomic E-state index is -0.586. The van der Waals surface area contributed by atoms with Gasteiger partial charge in [-0.25, -0.2) is 8.78 Å². The summed E-state index contributed by atoms with van der Waals surface area (Å²) in [5, 5.41) is 10.0. The summed E-state index contributed by atoms with van der Waals surface area (Å²) in [6, 6.07) is 3.53. The normalized spacial score (nSPS) is 20.7. The predicted molar refractivity (Wildman–Crippen MR) is 86.6 cm³/mol. The molecule has 2 aromatic rings. The number of nitrogens with one attached hydrogen (secondary N) is 2. The average Bonchev–Trinajstić information content (AvgIpc) is 3.20. The average molecular weight is 333 g/mol. The highest BCUT2D eigenvalue weighted by Crippen LogP contribution is 2.42. The van der Waals surface area contributed by atoms with Crippen molar-refractivity contribution < 1.29 is 13.6 Å². The van der Waals surface area contributed by atoms with Gasteiger partial charge in [0, 0.05) is 29.6 Å². The second kappa shape index (κ2) is 6.34. The molecular weight excluding hydrogens is 312 g/mol. The molecule has 1 aromatic heterocycles. The van der Waals surface area contributed by atoms with E-state index in [4.69, 9.17) is 0 Å².